The van der Waals surface area contributed by atoms with Crippen molar-refractivity contribution in [3.05, 3.63) is 272 Å². The smallest absolute Gasteiger partial charge is 0.0785 e. The van der Waals surface area contributed by atoms with Crippen molar-refractivity contribution < 1.29 is 9.23 Å². The predicted molar refractivity (Wildman–Crippen MR) is 393 cm³/mol. The minimum absolute atomic E-state index is 0.0327. The third-order valence-electron chi connectivity index (χ3n) is 16.6. The Morgan fingerprint density at radius 1 is 0.500 bits per heavy atom. The number of nitrogens with zero attached hydrogens (tertiary/aromatic N) is 3. The molecule has 1 unspecified atom stereocenters. The van der Waals surface area contributed by atoms with Crippen LogP contribution in [0.5, 0.6) is 0 Å². The van der Waals surface area contributed by atoms with Gasteiger partial charge in [-0.15, -0.1) is 0 Å². The minimum Gasteiger partial charge on any atom is -0.310 e. The van der Waals surface area contributed by atoms with E-state index in [0.29, 0.717) is 13.1 Å². The van der Waals surface area contributed by atoms with Crippen LogP contribution in [0, 0.1) is 5.92 Å². The van der Waals surface area contributed by atoms with Gasteiger partial charge in [0.15, 0.2) is 0 Å². The van der Waals surface area contributed by atoms with Crippen molar-refractivity contribution in [2.24, 2.45) is 5.92 Å². The first-order chi connectivity index (χ1) is 44.0. The van der Waals surface area contributed by atoms with Crippen LogP contribution in [0.25, 0.3) is 86.9 Å². The number of fused-ring (bicyclic) bond motifs is 6. The second-order valence-corrected chi connectivity index (χ2v) is 24.0. The monoisotopic (exact) mass is 1190 g/mol. The number of halogens is 1. The van der Waals surface area contributed by atoms with Gasteiger partial charge in [0.05, 0.1) is 30.7 Å². The van der Waals surface area contributed by atoms with Crippen LogP contribution in [0.2, 0.25) is 0 Å². The predicted octanol–water partition coefficient (Wildman–Crippen LogP) is 25.3. The molecule has 11 aromatic carbocycles. The van der Waals surface area contributed by atoms with Crippen LogP contribution in [0.4, 0.5) is 21.5 Å². The SMILES string of the molecule is C=C/C=C(\C=C/C)N(C1=CCCC=C1)c1ccc2c3c(-c4ccccc4)c4c5cccc6c(N(C7=CCCC=C7)c7ccccc7)ccc(c4c(-c4ccccc4)c3c3cccc1c23)c65.CC.CC.CC(C)ON(C(c1ccccc1)C(C)C)C(C)(C)C.CF. The molecule has 5 heteroatoms. The summed E-state index contributed by atoms with van der Waals surface area (Å²) in [5, 5.41) is 17.6. The third kappa shape index (κ3) is 13.0. The van der Waals surface area contributed by atoms with E-state index < -0.39 is 0 Å². The summed E-state index contributed by atoms with van der Waals surface area (Å²) >= 11 is 0. The molecule has 0 heterocycles. The minimum atomic E-state index is -0.0327. The van der Waals surface area contributed by atoms with Crippen molar-refractivity contribution in [2.75, 3.05) is 17.0 Å². The number of hydrogen-bond donors (Lipinski definition) is 0. The molecule has 90 heavy (non-hydrogen) atoms. The molecule has 460 valence electrons. The molecule has 0 spiro atoms. The largest absolute Gasteiger partial charge is 0.310 e. The van der Waals surface area contributed by atoms with Gasteiger partial charge in [-0.1, -0.05) is 242 Å². The molecule has 1 atom stereocenters. The van der Waals surface area contributed by atoms with E-state index in [1.165, 1.54) is 110 Å². The van der Waals surface area contributed by atoms with Gasteiger partial charge in [0, 0.05) is 39.1 Å². The molecule has 0 saturated carbocycles. The number of allylic oxidation sites excluding steroid dienone is 10. The van der Waals surface area contributed by atoms with Gasteiger partial charge in [-0.2, -0.15) is 5.06 Å². The number of para-hydroxylation sites is 1. The second kappa shape index (κ2) is 30.1. The van der Waals surface area contributed by atoms with E-state index >= 15 is 0 Å². The van der Waals surface area contributed by atoms with Gasteiger partial charge in [-0.05, 0) is 203 Å². The number of benzene rings is 9. The molecule has 0 amide bonds. The molecule has 0 bridgehead atoms. The number of rotatable bonds is 15. The fourth-order valence-electron chi connectivity index (χ4n) is 13.4. The highest BCUT2D eigenvalue weighted by Crippen LogP contribution is 2.57. The molecule has 0 aromatic heterocycles. The van der Waals surface area contributed by atoms with Crippen LogP contribution in [0.15, 0.2) is 266 Å². The van der Waals surface area contributed by atoms with Crippen molar-refractivity contribution in [2.45, 2.75) is 126 Å². The fourth-order valence-corrected chi connectivity index (χ4v) is 13.4. The van der Waals surface area contributed by atoms with E-state index in [1.54, 1.807) is 0 Å². The third-order valence-corrected chi connectivity index (χ3v) is 16.6. The Labute approximate surface area is 536 Å². The van der Waals surface area contributed by atoms with E-state index in [-0.39, 0.29) is 17.7 Å². The average molecular weight is 1190 g/mol. The summed E-state index contributed by atoms with van der Waals surface area (Å²) in [6.07, 6.45) is 26.6. The Kier molecular flexibility index (Phi) is 21.9. The summed E-state index contributed by atoms with van der Waals surface area (Å²) in [6.45, 7) is 29.5. The topological polar surface area (TPSA) is 19.0 Å². The van der Waals surface area contributed by atoms with Gasteiger partial charge in [0.25, 0.3) is 0 Å². The maximum atomic E-state index is 9.50. The summed E-state index contributed by atoms with van der Waals surface area (Å²) < 4.78 is 9.50. The fraction of sp³-hybridized carbons (Fsp3) is 0.247. The second-order valence-electron chi connectivity index (χ2n) is 24.0. The molecule has 0 radical (unpaired) electrons. The number of anilines is 3. The summed E-state index contributed by atoms with van der Waals surface area (Å²) in [6, 6.07) is 67.6. The summed E-state index contributed by atoms with van der Waals surface area (Å²) in [4.78, 5) is 11.0. The standard InChI is InChI=1S/C63H48N2.C17H29NO.2C2H6.CH3F/c1-3-22-44(23-4-2)64(45-28-14-7-15-29-45)54-40-38-52-58-48(54)34-20-36-50(58)60-56(42-24-10-5-11-25-42)63-53-39-41-55(65(46-30-16-8-17-31-46)47-32-18-9-19-33-47)49-35-21-37-51(59(49)53)61(63)57(62(52)60)43-26-12-6-13-27-43;1-13(2)16(15-11-9-8-10-12-15)18(17(5,6)7)19-14(3)4;3*1-2/h3-6,8,10-14,16-18,20-41H,1,7,9,15,19H2,2H3;8-14,16H,1-7H3;2*1-2H3;1H3/b23-4-,44-22+;;;;. The molecule has 2 aliphatic carbocycles. The average Bonchev–Trinajstić information content (AvgIpc) is 1.51. The Balaban J connectivity index is 0.000000327. The van der Waals surface area contributed by atoms with E-state index in [2.05, 4.69) is 314 Å². The number of hydrogen-bond acceptors (Lipinski definition) is 4. The van der Waals surface area contributed by atoms with Gasteiger partial charge >= 0.3 is 0 Å². The summed E-state index contributed by atoms with van der Waals surface area (Å²) in [5.41, 5.74) is 13.3. The highest BCUT2D eigenvalue weighted by atomic mass is 19.1. The van der Waals surface area contributed by atoms with Crippen molar-refractivity contribution in [3.8, 4) is 22.3 Å². The van der Waals surface area contributed by atoms with Crippen LogP contribution in [-0.4, -0.2) is 23.9 Å². The Morgan fingerprint density at radius 3 is 1.37 bits per heavy atom. The van der Waals surface area contributed by atoms with Gasteiger partial charge in [-0.25, -0.2) is 0 Å². The zero-order chi connectivity index (χ0) is 64.1. The van der Waals surface area contributed by atoms with E-state index in [4.69, 9.17) is 4.84 Å². The number of alkyl halides is 1. The van der Waals surface area contributed by atoms with Gasteiger partial charge < -0.3 is 9.80 Å². The lowest BCUT2D eigenvalue weighted by Crippen LogP contribution is -2.46. The molecule has 11 aromatic rings. The Bertz CT molecular complexity index is 4260. The van der Waals surface area contributed by atoms with Crippen LogP contribution in [-0.2, 0) is 4.84 Å². The van der Waals surface area contributed by atoms with Crippen LogP contribution >= 0.6 is 0 Å². The maximum Gasteiger partial charge on any atom is 0.0785 e. The zero-order valence-corrected chi connectivity index (χ0v) is 55.5. The highest BCUT2D eigenvalue weighted by Gasteiger charge is 2.35. The van der Waals surface area contributed by atoms with Crippen LogP contribution in [0.1, 0.15) is 120 Å². The van der Waals surface area contributed by atoms with Crippen LogP contribution < -0.4 is 9.80 Å². The van der Waals surface area contributed by atoms with E-state index in [1.807, 2.05) is 33.8 Å². The van der Waals surface area contributed by atoms with E-state index in [0.717, 1.165) is 42.8 Å². The van der Waals surface area contributed by atoms with Gasteiger partial charge in [0.2, 0.25) is 0 Å². The molecule has 0 aliphatic heterocycles. The Morgan fingerprint density at radius 2 is 0.933 bits per heavy atom. The summed E-state index contributed by atoms with van der Waals surface area (Å²) in [7, 11) is 0.500. The molecule has 13 rings (SSSR count). The van der Waals surface area contributed by atoms with Crippen LogP contribution in [0.3, 0.4) is 0 Å². The molecule has 0 fully saturated rings. The lowest BCUT2D eigenvalue weighted by Gasteiger charge is -2.43. The molecular formula is C85H92FN3O. The first-order valence-corrected chi connectivity index (χ1v) is 32.7. The summed E-state index contributed by atoms with van der Waals surface area (Å²) in [5.74, 6) is 0.486. The van der Waals surface area contributed by atoms with E-state index in [9.17, 15) is 4.39 Å². The molecule has 0 N–H and O–H groups in total. The number of hydroxylamine groups is 2. The molecule has 4 nitrogen and oxygen atoms in total. The van der Waals surface area contributed by atoms with Crippen molar-refractivity contribution in [3.63, 3.8) is 0 Å². The normalized spacial score (nSPS) is 13.7. The van der Waals surface area contributed by atoms with Crippen molar-refractivity contribution in [1.29, 1.82) is 0 Å². The van der Waals surface area contributed by atoms with Crippen molar-refractivity contribution >= 4 is 81.7 Å². The molecule has 0 saturated heterocycles. The highest BCUT2D eigenvalue weighted by molar-refractivity contribution is 6.47. The first-order valence-electron chi connectivity index (χ1n) is 32.7. The Hall–Kier alpha value is -8.87. The zero-order valence-electron chi connectivity index (χ0n) is 55.5. The van der Waals surface area contributed by atoms with Gasteiger partial charge in [0.1, 0.15) is 0 Å². The first kappa shape index (κ1) is 65.6. The lowest BCUT2D eigenvalue weighted by atomic mass is 9.87. The molecule has 2 aliphatic rings. The van der Waals surface area contributed by atoms with Gasteiger partial charge in [-0.3, -0.25) is 9.23 Å². The quantitative estimate of drug-likeness (QED) is 0.0752. The van der Waals surface area contributed by atoms with Crippen molar-refractivity contribution in [1.82, 2.24) is 5.06 Å². The maximum absolute atomic E-state index is 9.50. The lowest BCUT2D eigenvalue weighted by molar-refractivity contribution is -0.266. The molecular weight excluding hydrogens is 1100 g/mol.